The van der Waals surface area contributed by atoms with E-state index in [0.717, 1.165) is 83.9 Å². The fourth-order valence-electron chi connectivity index (χ4n) is 5.12. The van der Waals surface area contributed by atoms with E-state index in [0.29, 0.717) is 12.3 Å². The summed E-state index contributed by atoms with van der Waals surface area (Å²) in [6.45, 7) is 2.48. The van der Waals surface area contributed by atoms with Crippen molar-refractivity contribution in [3.63, 3.8) is 0 Å². The maximum atomic E-state index is 12.8. The highest BCUT2D eigenvalue weighted by Crippen LogP contribution is 2.30. The quantitative estimate of drug-likeness (QED) is 0.344. The van der Waals surface area contributed by atoms with Crippen molar-refractivity contribution in [1.29, 1.82) is 0 Å². The molecular formula is C30H32BrClN4O. The van der Waals surface area contributed by atoms with E-state index in [1.807, 2.05) is 52.2 Å². The molecule has 1 saturated heterocycles. The summed E-state index contributed by atoms with van der Waals surface area (Å²) in [5.74, 6) is 1.71. The highest BCUT2D eigenvalue weighted by Gasteiger charge is 2.23. The van der Waals surface area contributed by atoms with E-state index in [1.165, 1.54) is 5.56 Å². The van der Waals surface area contributed by atoms with Crippen molar-refractivity contribution in [2.24, 2.45) is 5.92 Å². The van der Waals surface area contributed by atoms with Crippen molar-refractivity contribution in [2.45, 2.75) is 38.5 Å². The lowest BCUT2D eigenvalue weighted by Crippen LogP contribution is -2.41. The first-order chi connectivity index (χ1) is 18.1. The van der Waals surface area contributed by atoms with Gasteiger partial charge in [-0.3, -0.25) is 4.79 Å². The summed E-state index contributed by atoms with van der Waals surface area (Å²) in [6, 6.07) is 18.2. The lowest BCUT2D eigenvalue weighted by atomic mass is 9.96. The normalized spacial score (nSPS) is 19.1. The standard InChI is InChI=1S/C30H32BrClN4O/c31-26-21-34-36-28(26)12-6-9-24(25-10-4-5-11-27(25)32)19-29(36)33-20-23-15-17-35(18-16-23)30(37)14-13-22-7-2-1-3-8-22/h1-5,7-11,19,21,23,33H,6,12-18,20H2/b24-9-,29-19-. The Bertz CT molecular complexity index is 1290. The van der Waals surface area contributed by atoms with Gasteiger partial charge in [-0.05, 0) is 77.2 Å². The molecule has 1 N–H and O–H groups in total. The van der Waals surface area contributed by atoms with Gasteiger partial charge in [-0.1, -0.05) is 66.2 Å². The van der Waals surface area contributed by atoms with Crippen LogP contribution in [0.1, 0.15) is 42.5 Å². The first kappa shape index (κ1) is 25.8. The average molecular weight is 580 g/mol. The minimum Gasteiger partial charge on any atom is -0.370 e. The molecular weight excluding hydrogens is 548 g/mol. The second-order valence-electron chi connectivity index (χ2n) is 9.75. The molecule has 5 nitrogen and oxygen atoms in total. The number of benzene rings is 2. The van der Waals surface area contributed by atoms with E-state index in [2.05, 4.69) is 56.7 Å². The zero-order valence-corrected chi connectivity index (χ0v) is 23.2. The van der Waals surface area contributed by atoms with E-state index in [-0.39, 0.29) is 5.91 Å². The molecule has 1 aromatic heterocycles. The first-order valence-electron chi connectivity index (χ1n) is 13.0. The number of piperidine rings is 1. The molecule has 1 fully saturated rings. The number of aromatic nitrogens is 2. The molecule has 3 aromatic rings. The van der Waals surface area contributed by atoms with Crippen LogP contribution in [0.4, 0.5) is 0 Å². The monoisotopic (exact) mass is 578 g/mol. The molecule has 0 radical (unpaired) electrons. The Labute approximate surface area is 232 Å². The van der Waals surface area contributed by atoms with Gasteiger partial charge in [-0.15, -0.1) is 0 Å². The Morgan fingerprint density at radius 2 is 1.84 bits per heavy atom. The molecule has 0 aliphatic carbocycles. The highest BCUT2D eigenvalue weighted by molar-refractivity contribution is 9.10. The predicted octanol–water partition coefficient (Wildman–Crippen LogP) is 6.59. The molecule has 37 heavy (non-hydrogen) atoms. The van der Waals surface area contributed by atoms with E-state index in [1.54, 1.807) is 0 Å². The van der Waals surface area contributed by atoms with Crippen LogP contribution in [0.25, 0.3) is 11.4 Å². The van der Waals surface area contributed by atoms with Gasteiger partial charge < -0.3 is 10.2 Å². The fourth-order valence-corrected chi connectivity index (χ4v) is 5.82. The highest BCUT2D eigenvalue weighted by atomic mass is 79.9. The number of rotatable bonds is 7. The van der Waals surface area contributed by atoms with Gasteiger partial charge in [-0.2, -0.15) is 5.10 Å². The summed E-state index contributed by atoms with van der Waals surface area (Å²) in [6.07, 6.45) is 11.5. The lowest BCUT2D eigenvalue weighted by Gasteiger charge is -2.32. The Hall–Kier alpha value is -2.83. The van der Waals surface area contributed by atoms with Gasteiger partial charge in [-0.25, -0.2) is 4.68 Å². The van der Waals surface area contributed by atoms with E-state index in [4.69, 9.17) is 11.6 Å². The summed E-state index contributed by atoms with van der Waals surface area (Å²) in [4.78, 5) is 14.8. The Morgan fingerprint density at radius 3 is 2.62 bits per heavy atom. The number of likely N-dealkylation sites (tertiary alicyclic amines) is 1. The number of carbonyl (C=O) groups excluding carboxylic acids is 1. The molecule has 192 valence electrons. The van der Waals surface area contributed by atoms with Gasteiger partial charge in [0.05, 0.1) is 16.4 Å². The van der Waals surface area contributed by atoms with Crippen LogP contribution < -0.4 is 5.32 Å². The summed E-state index contributed by atoms with van der Waals surface area (Å²) < 4.78 is 3.04. The van der Waals surface area contributed by atoms with Crippen LogP contribution >= 0.6 is 27.5 Å². The topological polar surface area (TPSA) is 50.2 Å². The predicted molar refractivity (Wildman–Crippen MR) is 154 cm³/mol. The van der Waals surface area contributed by atoms with Gasteiger partial charge in [0, 0.05) is 36.6 Å². The zero-order valence-electron chi connectivity index (χ0n) is 20.9. The molecule has 0 bridgehead atoms. The van der Waals surface area contributed by atoms with E-state index in [9.17, 15) is 4.79 Å². The summed E-state index contributed by atoms with van der Waals surface area (Å²) in [5, 5.41) is 9.10. The second kappa shape index (κ2) is 12.1. The SMILES string of the molecule is O=C(CCc1ccccc1)N1CCC(CN/C2=C/C(c3ccccc3Cl)=C/CCc3c(Br)cnn32)CC1. The maximum Gasteiger partial charge on any atom is 0.222 e. The Morgan fingerprint density at radius 1 is 1.08 bits per heavy atom. The van der Waals surface area contributed by atoms with Crippen LogP contribution in [0, 0.1) is 5.92 Å². The van der Waals surface area contributed by atoms with Crippen molar-refractivity contribution in [2.75, 3.05) is 19.6 Å². The fraction of sp³-hybridized carbons (Fsp3) is 0.333. The summed E-state index contributed by atoms with van der Waals surface area (Å²) in [5.41, 5.74) is 4.51. The minimum atomic E-state index is 0.263. The van der Waals surface area contributed by atoms with Crippen LogP contribution in [0.2, 0.25) is 5.02 Å². The number of amides is 1. The van der Waals surface area contributed by atoms with Gasteiger partial charge in [0.1, 0.15) is 5.82 Å². The summed E-state index contributed by atoms with van der Waals surface area (Å²) in [7, 11) is 0. The van der Waals surface area contributed by atoms with E-state index < -0.39 is 0 Å². The van der Waals surface area contributed by atoms with E-state index >= 15 is 0 Å². The maximum absolute atomic E-state index is 12.8. The number of carbonyl (C=O) groups is 1. The zero-order chi connectivity index (χ0) is 25.6. The Kier molecular flexibility index (Phi) is 8.47. The van der Waals surface area contributed by atoms with Crippen LogP contribution in [0.3, 0.4) is 0 Å². The van der Waals surface area contributed by atoms with Gasteiger partial charge in [0.2, 0.25) is 5.91 Å². The van der Waals surface area contributed by atoms with Gasteiger partial charge in [0.15, 0.2) is 0 Å². The van der Waals surface area contributed by atoms with Crippen molar-refractivity contribution in [3.05, 3.63) is 99.3 Å². The molecule has 5 rings (SSSR count). The molecule has 2 aliphatic rings. The number of nitrogens with zero attached hydrogens (tertiary/aromatic N) is 3. The smallest absolute Gasteiger partial charge is 0.222 e. The number of allylic oxidation sites excluding steroid dienone is 3. The van der Waals surface area contributed by atoms with Crippen LogP contribution in [0.5, 0.6) is 0 Å². The molecule has 2 aliphatic heterocycles. The molecule has 2 aromatic carbocycles. The number of fused-ring (bicyclic) bond motifs is 1. The number of hydrogen-bond donors (Lipinski definition) is 1. The third kappa shape index (κ3) is 6.36. The van der Waals surface area contributed by atoms with Crippen molar-refractivity contribution in [3.8, 4) is 0 Å². The molecule has 3 heterocycles. The minimum absolute atomic E-state index is 0.263. The summed E-state index contributed by atoms with van der Waals surface area (Å²) >= 11 is 10.2. The molecule has 0 spiro atoms. The molecule has 1 amide bonds. The number of hydrogen-bond acceptors (Lipinski definition) is 3. The van der Waals surface area contributed by atoms with Crippen molar-refractivity contribution in [1.82, 2.24) is 20.0 Å². The number of halogens is 2. The average Bonchev–Trinajstić information content (AvgIpc) is 3.27. The van der Waals surface area contributed by atoms with Crippen molar-refractivity contribution >= 4 is 44.8 Å². The van der Waals surface area contributed by atoms with Gasteiger partial charge in [0.25, 0.3) is 0 Å². The number of aryl methyl sites for hydroxylation is 1. The molecule has 0 atom stereocenters. The Balaban J connectivity index is 1.22. The number of nitrogens with one attached hydrogen (secondary N) is 1. The van der Waals surface area contributed by atoms with Crippen LogP contribution in [0.15, 0.2) is 77.4 Å². The van der Waals surface area contributed by atoms with Gasteiger partial charge >= 0.3 is 0 Å². The molecule has 7 heteroatoms. The van der Waals surface area contributed by atoms with Crippen molar-refractivity contribution < 1.29 is 4.79 Å². The molecule has 0 unspecified atom stereocenters. The molecule has 0 saturated carbocycles. The van der Waals surface area contributed by atoms with Crippen LogP contribution in [-0.2, 0) is 17.6 Å². The van der Waals surface area contributed by atoms with Crippen LogP contribution in [-0.4, -0.2) is 40.2 Å². The first-order valence-corrected chi connectivity index (χ1v) is 14.2. The third-order valence-electron chi connectivity index (χ3n) is 7.28. The lowest BCUT2D eigenvalue weighted by molar-refractivity contribution is -0.132. The third-order valence-corrected chi connectivity index (χ3v) is 8.27. The second-order valence-corrected chi connectivity index (χ2v) is 11.0. The largest absolute Gasteiger partial charge is 0.370 e.